The van der Waals surface area contributed by atoms with Crippen LogP contribution in [-0.4, -0.2) is 28.6 Å². The highest BCUT2D eigenvalue weighted by molar-refractivity contribution is 7.19. The Morgan fingerprint density at radius 1 is 1.46 bits per heavy atom. The number of nitrogens with one attached hydrogen (secondary N) is 1. The Balaban J connectivity index is 3.96. The average molecular weight is 207 g/mol. The van der Waals surface area contributed by atoms with Crippen LogP contribution < -0.4 is 5.32 Å². The SMILES string of the molecule is CC(C)(C)OC(=O)NC(P)C(=O)O. The molecule has 2 unspecified atom stereocenters. The molecule has 5 nitrogen and oxygen atoms in total. The molecule has 76 valence electrons. The number of carboxylic acid groups (broad SMARTS) is 1. The molecule has 0 aliphatic heterocycles. The lowest BCUT2D eigenvalue weighted by molar-refractivity contribution is -0.137. The van der Waals surface area contributed by atoms with Crippen LogP contribution in [-0.2, 0) is 9.53 Å². The number of aliphatic carboxylic acids is 1. The molecule has 0 radical (unpaired) electrons. The van der Waals surface area contributed by atoms with Crippen molar-refractivity contribution in [3.05, 3.63) is 0 Å². The van der Waals surface area contributed by atoms with Gasteiger partial charge in [-0.3, -0.25) is 0 Å². The number of carbonyl (C=O) groups is 2. The summed E-state index contributed by atoms with van der Waals surface area (Å²) < 4.78 is 4.83. The fourth-order valence-corrected chi connectivity index (χ4v) is 0.632. The molecule has 13 heavy (non-hydrogen) atoms. The summed E-state index contributed by atoms with van der Waals surface area (Å²) in [6, 6.07) is 0. The zero-order chi connectivity index (χ0) is 10.6. The van der Waals surface area contributed by atoms with Gasteiger partial charge < -0.3 is 15.2 Å². The third-order valence-corrected chi connectivity index (χ3v) is 1.39. The predicted octanol–water partition coefficient (Wildman–Crippen LogP) is 0.797. The molecule has 0 saturated heterocycles. The molecule has 0 aliphatic carbocycles. The number of carbonyl (C=O) groups excluding carboxylic acids is 1. The van der Waals surface area contributed by atoms with Crippen molar-refractivity contribution in [3.8, 4) is 0 Å². The van der Waals surface area contributed by atoms with E-state index in [9.17, 15) is 9.59 Å². The van der Waals surface area contributed by atoms with Crippen molar-refractivity contribution in [1.29, 1.82) is 0 Å². The van der Waals surface area contributed by atoms with Gasteiger partial charge in [0.1, 0.15) is 11.4 Å². The summed E-state index contributed by atoms with van der Waals surface area (Å²) in [6.45, 7) is 5.10. The number of alkyl carbamates (subject to hydrolysis) is 1. The number of ether oxygens (including phenoxy) is 1. The molecule has 0 aliphatic rings. The van der Waals surface area contributed by atoms with Gasteiger partial charge in [0, 0.05) is 0 Å². The van der Waals surface area contributed by atoms with E-state index in [1.807, 2.05) is 9.24 Å². The Morgan fingerprint density at radius 2 is 1.92 bits per heavy atom. The standard InChI is InChI=1S/C7H14NO4P/c1-7(2,3)12-6(11)8-4(13)5(9)10/h4H,13H2,1-3H3,(H,8,11)(H,9,10). The maximum Gasteiger partial charge on any atom is 0.408 e. The van der Waals surface area contributed by atoms with Gasteiger partial charge in [0.05, 0.1) is 0 Å². The van der Waals surface area contributed by atoms with Crippen LogP contribution in [0.1, 0.15) is 20.8 Å². The molecular weight excluding hydrogens is 193 g/mol. The maximum atomic E-state index is 11.0. The lowest BCUT2D eigenvalue weighted by atomic mass is 10.2. The Kier molecular flexibility index (Phi) is 4.14. The summed E-state index contributed by atoms with van der Waals surface area (Å²) in [7, 11) is 1.98. The van der Waals surface area contributed by atoms with E-state index in [-0.39, 0.29) is 0 Å². The predicted molar refractivity (Wildman–Crippen MR) is 50.5 cm³/mol. The molecule has 0 heterocycles. The molecule has 0 aromatic carbocycles. The molecule has 0 aromatic heterocycles. The third-order valence-electron chi connectivity index (χ3n) is 0.938. The average Bonchev–Trinajstić information content (AvgIpc) is 1.81. The zero-order valence-electron chi connectivity index (χ0n) is 7.83. The van der Waals surface area contributed by atoms with Crippen LogP contribution >= 0.6 is 9.24 Å². The normalized spacial score (nSPS) is 13.2. The second-order valence-electron chi connectivity index (χ2n) is 3.46. The van der Waals surface area contributed by atoms with Gasteiger partial charge in [0.15, 0.2) is 0 Å². The highest BCUT2D eigenvalue weighted by atomic mass is 31.0. The second-order valence-corrected chi connectivity index (χ2v) is 4.13. The summed E-state index contributed by atoms with van der Waals surface area (Å²) in [4.78, 5) is 21.3. The molecule has 0 spiro atoms. The summed E-state index contributed by atoms with van der Waals surface area (Å²) >= 11 is 0. The lowest BCUT2D eigenvalue weighted by Gasteiger charge is -2.20. The molecule has 0 fully saturated rings. The van der Waals surface area contributed by atoms with Crippen molar-refractivity contribution in [2.24, 2.45) is 0 Å². The first kappa shape index (κ1) is 12.2. The van der Waals surface area contributed by atoms with Crippen molar-refractivity contribution in [1.82, 2.24) is 5.32 Å². The topological polar surface area (TPSA) is 75.6 Å². The Hall–Kier alpha value is -0.830. The van der Waals surface area contributed by atoms with Gasteiger partial charge in [-0.05, 0) is 20.8 Å². The summed E-state index contributed by atoms with van der Waals surface area (Å²) in [5, 5.41) is 10.6. The van der Waals surface area contributed by atoms with Gasteiger partial charge in [-0.2, -0.15) is 0 Å². The van der Waals surface area contributed by atoms with Gasteiger partial charge in [-0.15, -0.1) is 9.24 Å². The van der Waals surface area contributed by atoms with Crippen LogP contribution in [0.2, 0.25) is 0 Å². The van der Waals surface area contributed by atoms with Gasteiger partial charge >= 0.3 is 12.1 Å². The van der Waals surface area contributed by atoms with E-state index < -0.39 is 23.4 Å². The van der Waals surface area contributed by atoms with Crippen molar-refractivity contribution in [2.75, 3.05) is 0 Å². The largest absolute Gasteiger partial charge is 0.479 e. The smallest absolute Gasteiger partial charge is 0.408 e. The molecule has 0 saturated carbocycles. The van der Waals surface area contributed by atoms with E-state index >= 15 is 0 Å². The zero-order valence-corrected chi connectivity index (χ0v) is 8.98. The molecule has 1 amide bonds. The minimum atomic E-state index is -1.13. The van der Waals surface area contributed by atoms with Crippen molar-refractivity contribution < 1.29 is 19.4 Å². The van der Waals surface area contributed by atoms with Crippen LogP contribution in [0.3, 0.4) is 0 Å². The molecule has 0 bridgehead atoms. The Morgan fingerprint density at radius 3 is 2.23 bits per heavy atom. The first-order chi connectivity index (χ1) is 5.72. The van der Waals surface area contributed by atoms with Gasteiger partial charge in [0.25, 0.3) is 0 Å². The maximum absolute atomic E-state index is 11.0. The van der Waals surface area contributed by atoms with E-state index in [2.05, 4.69) is 5.32 Å². The quantitative estimate of drug-likeness (QED) is 0.656. The van der Waals surface area contributed by atoms with Crippen molar-refractivity contribution >= 4 is 21.3 Å². The number of hydrogen-bond acceptors (Lipinski definition) is 3. The highest BCUT2D eigenvalue weighted by Gasteiger charge is 2.20. The Bertz CT molecular complexity index is 211. The molecule has 0 aromatic rings. The third kappa shape index (κ3) is 6.34. The number of rotatable bonds is 2. The summed E-state index contributed by atoms with van der Waals surface area (Å²) in [5.74, 6) is -2.15. The van der Waals surface area contributed by atoms with E-state index in [1.54, 1.807) is 20.8 Å². The highest BCUT2D eigenvalue weighted by Crippen LogP contribution is 2.07. The minimum Gasteiger partial charge on any atom is -0.479 e. The summed E-state index contributed by atoms with van der Waals surface area (Å²) in [5.41, 5.74) is -0.618. The van der Waals surface area contributed by atoms with Crippen LogP contribution in [0.4, 0.5) is 4.79 Å². The van der Waals surface area contributed by atoms with E-state index in [0.29, 0.717) is 0 Å². The monoisotopic (exact) mass is 207 g/mol. The Labute approximate surface area is 79.0 Å². The van der Waals surface area contributed by atoms with Crippen LogP contribution in [0.5, 0.6) is 0 Å². The van der Waals surface area contributed by atoms with Crippen molar-refractivity contribution in [2.45, 2.75) is 32.2 Å². The molecule has 2 atom stereocenters. The number of carboxylic acids is 1. The van der Waals surface area contributed by atoms with Gasteiger partial charge in [-0.1, -0.05) is 0 Å². The summed E-state index contributed by atoms with van der Waals surface area (Å²) in [6.07, 6.45) is -0.741. The molecular formula is C7H14NO4P. The molecule has 0 rings (SSSR count). The number of amides is 1. The minimum absolute atomic E-state index is 0.618. The molecule has 6 heteroatoms. The van der Waals surface area contributed by atoms with Gasteiger partial charge in [0.2, 0.25) is 0 Å². The van der Waals surface area contributed by atoms with Crippen molar-refractivity contribution in [3.63, 3.8) is 0 Å². The van der Waals surface area contributed by atoms with E-state index in [1.165, 1.54) is 0 Å². The van der Waals surface area contributed by atoms with Crippen LogP contribution in [0, 0.1) is 0 Å². The van der Waals surface area contributed by atoms with E-state index in [4.69, 9.17) is 9.84 Å². The fourth-order valence-electron chi connectivity index (χ4n) is 0.496. The van der Waals surface area contributed by atoms with E-state index in [0.717, 1.165) is 0 Å². The van der Waals surface area contributed by atoms with Crippen LogP contribution in [0.15, 0.2) is 0 Å². The first-order valence-electron chi connectivity index (χ1n) is 3.70. The lowest BCUT2D eigenvalue weighted by Crippen LogP contribution is -2.39. The fraction of sp³-hybridized carbons (Fsp3) is 0.714. The second kappa shape index (κ2) is 4.42. The van der Waals surface area contributed by atoms with Crippen LogP contribution in [0.25, 0.3) is 0 Å². The first-order valence-corrected chi connectivity index (χ1v) is 4.37. The van der Waals surface area contributed by atoms with Gasteiger partial charge in [-0.25, -0.2) is 9.59 Å². The molecule has 2 N–H and O–H groups in total. The number of hydrogen-bond donors (Lipinski definition) is 2.